The summed E-state index contributed by atoms with van der Waals surface area (Å²) in [6, 6.07) is 4.08. The van der Waals surface area contributed by atoms with Crippen LogP contribution in [-0.4, -0.2) is 25.7 Å². The van der Waals surface area contributed by atoms with E-state index in [-0.39, 0.29) is 21.9 Å². The Morgan fingerprint density at radius 3 is 2.80 bits per heavy atom. The number of carbonyl (C=O) groups excluding carboxylic acids is 1. The van der Waals surface area contributed by atoms with Crippen molar-refractivity contribution in [2.75, 3.05) is 19.8 Å². The highest BCUT2D eigenvalue weighted by Gasteiger charge is 2.37. The van der Waals surface area contributed by atoms with Crippen molar-refractivity contribution in [3.63, 3.8) is 0 Å². The molecule has 0 heterocycles. The first-order valence-corrected chi connectivity index (χ1v) is 7.25. The van der Waals surface area contributed by atoms with Crippen LogP contribution in [0.25, 0.3) is 0 Å². The van der Waals surface area contributed by atoms with Gasteiger partial charge in [-0.15, -0.1) is 0 Å². The number of halogens is 2. The number of rotatable bonds is 6. The van der Waals surface area contributed by atoms with E-state index in [1.165, 1.54) is 18.6 Å². The van der Waals surface area contributed by atoms with Crippen molar-refractivity contribution in [1.29, 1.82) is 0 Å². The van der Waals surface area contributed by atoms with E-state index < -0.39 is 5.82 Å². The Labute approximate surface area is 123 Å². The zero-order valence-corrected chi connectivity index (χ0v) is 12.3. The maximum atomic E-state index is 13.3. The number of hydrogen-bond acceptors (Lipinski definition) is 2. The molecule has 1 aromatic carbocycles. The topological polar surface area (TPSA) is 38.3 Å². The van der Waals surface area contributed by atoms with Crippen LogP contribution in [0.5, 0.6) is 0 Å². The van der Waals surface area contributed by atoms with Gasteiger partial charge < -0.3 is 10.1 Å². The summed E-state index contributed by atoms with van der Waals surface area (Å²) in [5.41, 5.74) is 0.342. The van der Waals surface area contributed by atoms with Gasteiger partial charge in [-0.2, -0.15) is 0 Å². The molecular formula is C15H19ClFNO2. The van der Waals surface area contributed by atoms with Gasteiger partial charge in [0.05, 0.1) is 11.6 Å². The van der Waals surface area contributed by atoms with Crippen LogP contribution in [0.1, 0.15) is 36.5 Å². The Balaban J connectivity index is 1.92. The summed E-state index contributed by atoms with van der Waals surface area (Å²) in [5.74, 6) is -0.852. The molecule has 0 saturated heterocycles. The molecule has 0 radical (unpaired) electrons. The van der Waals surface area contributed by atoms with E-state index in [1.54, 1.807) is 0 Å². The van der Waals surface area contributed by atoms with E-state index >= 15 is 0 Å². The summed E-state index contributed by atoms with van der Waals surface area (Å²) in [5, 5.41) is 2.89. The van der Waals surface area contributed by atoms with Crippen LogP contribution in [0.4, 0.5) is 4.39 Å². The van der Waals surface area contributed by atoms with Crippen LogP contribution in [0, 0.1) is 11.2 Å². The molecule has 3 nitrogen and oxygen atoms in total. The molecule has 1 aromatic rings. The van der Waals surface area contributed by atoms with Crippen LogP contribution >= 0.6 is 11.6 Å². The highest BCUT2D eigenvalue weighted by molar-refractivity contribution is 6.30. The Hall–Kier alpha value is -1.13. The number of amides is 1. The lowest BCUT2D eigenvalue weighted by Gasteiger charge is -2.41. The molecule has 5 heteroatoms. The molecule has 110 valence electrons. The lowest BCUT2D eigenvalue weighted by Crippen LogP contribution is -2.45. The summed E-state index contributed by atoms with van der Waals surface area (Å²) < 4.78 is 18.8. The van der Waals surface area contributed by atoms with E-state index in [0.717, 1.165) is 18.9 Å². The van der Waals surface area contributed by atoms with E-state index in [1.807, 2.05) is 6.92 Å². The maximum absolute atomic E-state index is 13.3. The van der Waals surface area contributed by atoms with Crippen LogP contribution in [-0.2, 0) is 4.74 Å². The smallest absolute Gasteiger partial charge is 0.251 e. The van der Waals surface area contributed by atoms with Crippen molar-refractivity contribution in [1.82, 2.24) is 5.32 Å². The summed E-state index contributed by atoms with van der Waals surface area (Å²) in [6.45, 7) is 3.87. The fourth-order valence-corrected chi connectivity index (χ4v) is 2.49. The molecule has 0 bridgehead atoms. The predicted octanol–water partition coefficient (Wildman–Crippen LogP) is 3.42. The van der Waals surface area contributed by atoms with Gasteiger partial charge in [0.2, 0.25) is 0 Å². The molecule has 0 unspecified atom stereocenters. The zero-order valence-electron chi connectivity index (χ0n) is 11.5. The fourth-order valence-electron chi connectivity index (χ4n) is 2.37. The van der Waals surface area contributed by atoms with Crippen LogP contribution in [0.3, 0.4) is 0 Å². The predicted molar refractivity (Wildman–Crippen MR) is 76.5 cm³/mol. The average Bonchev–Trinajstić information content (AvgIpc) is 2.40. The summed E-state index contributed by atoms with van der Waals surface area (Å²) in [7, 11) is 0. The molecule has 2 rings (SSSR count). The first kappa shape index (κ1) is 15.3. The lowest BCUT2D eigenvalue weighted by molar-refractivity contribution is -0.000184. The standard InChI is InChI=1S/C15H19ClFNO2/c1-2-20-10-15(6-3-7-15)9-18-14(19)11-4-5-12(16)13(17)8-11/h4-5,8H,2-3,6-7,9-10H2,1H3,(H,18,19). The number of ether oxygens (including phenoxy) is 1. The monoisotopic (exact) mass is 299 g/mol. The molecule has 1 amide bonds. The van der Waals surface area contributed by atoms with Crippen molar-refractivity contribution in [3.8, 4) is 0 Å². The van der Waals surface area contributed by atoms with Crippen molar-refractivity contribution >= 4 is 17.5 Å². The van der Waals surface area contributed by atoms with Gasteiger partial charge in [0, 0.05) is 24.1 Å². The molecule has 0 aliphatic heterocycles. The second-order valence-electron chi connectivity index (χ2n) is 5.30. The van der Waals surface area contributed by atoms with Crippen LogP contribution in [0.2, 0.25) is 5.02 Å². The normalized spacial score (nSPS) is 16.6. The van der Waals surface area contributed by atoms with Gasteiger partial charge in [0.1, 0.15) is 5.82 Å². The average molecular weight is 300 g/mol. The van der Waals surface area contributed by atoms with Gasteiger partial charge in [-0.25, -0.2) is 4.39 Å². The number of benzene rings is 1. The molecular weight excluding hydrogens is 281 g/mol. The van der Waals surface area contributed by atoms with Crippen molar-refractivity contribution in [3.05, 3.63) is 34.6 Å². The van der Waals surface area contributed by atoms with Crippen molar-refractivity contribution in [2.24, 2.45) is 5.41 Å². The summed E-state index contributed by atoms with van der Waals surface area (Å²) in [6.07, 6.45) is 3.28. The lowest BCUT2D eigenvalue weighted by atomic mass is 9.69. The molecule has 1 saturated carbocycles. The molecule has 1 aliphatic rings. The molecule has 0 spiro atoms. The quantitative estimate of drug-likeness (QED) is 0.874. The van der Waals surface area contributed by atoms with Gasteiger partial charge >= 0.3 is 0 Å². The molecule has 1 N–H and O–H groups in total. The van der Waals surface area contributed by atoms with E-state index in [0.29, 0.717) is 19.8 Å². The summed E-state index contributed by atoms with van der Waals surface area (Å²) in [4.78, 5) is 12.0. The van der Waals surface area contributed by atoms with Gasteiger partial charge in [0.15, 0.2) is 0 Å². The van der Waals surface area contributed by atoms with E-state index in [4.69, 9.17) is 16.3 Å². The molecule has 0 atom stereocenters. The SMILES string of the molecule is CCOCC1(CNC(=O)c2ccc(Cl)c(F)c2)CCC1. The Kier molecular flexibility index (Phi) is 5.00. The minimum absolute atomic E-state index is 0.0216. The maximum Gasteiger partial charge on any atom is 0.251 e. The third kappa shape index (κ3) is 3.49. The van der Waals surface area contributed by atoms with Gasteiger partial charge in [-0.05, 0) is 38.0 Å². The highest BCUT2D eigenvalue weighted by Crippen LogP contribution is 2.40. The van der Waals surface area contributed by atoms with Crippen LogP contribution in [0.15, 0.2) is 18.2 Å². The van der Waals surface area contributed by atoms with E-state index in [9.17, 15) is 9.18 Å². The van der Waals surface area contributed by atoms with Crippen LogP contribution < -0.4 is 5.32 Å². The van der Waals surface area contributed by atoms with Crippen molar-refractivity contribution in [2.45, 2.75) is 26.2 Å². The molecule has 20 heavy (non-hydrogen) atoms. The Morgan fingerprint density at radius 2 is 2.25 bits per heavy atom. The first-order valence-electron chi connectivity index (χ1n) is 6.87. The highest BCUT2D eigenvalue weighted by atomic mass is 35.5. The second-order valence-corrected chi connectivity index (χ2v) is 5.71. The fraction of sp³-hybridized carbons (Fsp3) is 0.533. The first-order chi connectivity index (χ1) is 9.56. The van der Waals surface area contributed by atoms with Gasteiger partial charge in [-0.3, -0.25) is 4.79 Å². The molecule has 1 fully saturated rings. The van der Waals surface area contributed by atoms with E-state index in [2.05, 4.69) is 5.32 Å². The second kappa shape index (κ2) is 6.55. The number of hydrogen-bond donors (Lipinski definition) is 1. The largest absolute Gasteiger partial charge is 0.381 e. The van der Waals surface area contributed by atoms with Gasteiger partial charge in [0.25, 0.3) is 5.91 Å². The third-order valence-electron chi connectivity index (χ3n) is 3.83. The number of carbonyl (C=O) groups is 1. The molecule has 0 aromatic heterocycles. The summed E-state index contributed by atoms with van der Waals surface area (Å²) >= 11 is 5.60. The molecule has 1 aliphatic carbocycles. The minimum Gasteiger partial charge on any atom is -0.381 e. The zero-order chi connectivity index (χ0) is 14.6. The minimum atomic E-state index is -0.577. The number of nitrogens with one attached hydrogen (secondary N) is 1. The van der Waals surface area contributed by atoms with Gasteiger partial charge in [-0.1, -0.05) is 18.0 Å². The Morgan fingerprint density at radius 1 is 1.50 bits per heavy atom. The van der Waals surface area contributed by atoms with Crippen molar-refractivity contribution < 1.29 is 13.9 Å². The Bertz CT molecular complexity index is 489. The third-order valence-corrected chi connectivity index (χ3v) is 4.14.